The summed E-state index contributed by atoms with van der Waals surface area (Å²) in [5.41, 5.74) is 1.23. The molecule has 6 heteroatoms. The largest absolute Gasteiger partial charge is 0.385 e. The van der Waals surface area contributed by atoms with Gasteiger partial charge in [0.05, 0.1) is 0 Å². The lowest BCUT2D eigenvalue weighted by molar-refractivity contribution is 0.180. The van der Waals surface area contributed by atoms with Crippen LogP contribution in [0.2, 0.25) is 0 Å². The summed E-state index contributed by atoms with van der Waals surface area (Å²) >= 11 is 0. The van der Waals surface area contributed by atoms with Crippen LogP contribution in [0.4, 0.5) is 0 Å². The van der Waals surface area contributed by atoms with Crippen molar-refractivity contribution in [1.82, 2.24) is 20.9 Å². The van der Waals surface area contributed by atoms with Crippen molar-refractivity contribution >= 4 is 5.96 Å². The molecule has 1 rings (SSSR count). The Labute approximate surface area is 165 Å². The Morgan fingerprint density at radius 1 is 1.19 bits per heavy atom. The Bertz CT molecular complexity index is 533. The molecule has 3 N–H and O–H groups in total. The van der Waals surface area contributed by atoms with E-state index in [-0.39, 0.29) is 5.54 Å². The average Bonchev–Trinajstić information content (AvgIpc) is 2.65. The second kappa shape index (κ2) is 12.7. The lowest BCUT2D eigenvalue weighted by atomic mass is 10.0. The molecule has 1 aromatic rings. The highest BCUT2D eigenvalue weighted by molar-refractivity contribution is 5.79. The molecule has 0 saturated carbocycles. The number of hydrogen-bond acceptors (Lipinski definition) is 4. The number of hydrogen-bond donors (Lipinski definition) is 3. The smallest absolute Gasteiger partial charge is 0.191 e. The molecule has 0 radical (unpaired) electrons. The summed E-state index contributed by atoms with van der Waals surface area (Å²) in [6, 6.07) is 10.8. The van der Waals surface area contributed by atoms with Crippen LogP contribution in [-0.2, 0) is 4.74 Å². The molecule has 0 heterocycles. The SMILES string of the molecule is CN=C(NCCN(C)CCCOC)NCC(C)(C)NC(C)c1ccccc1. The zero-order chi connectivity index (χ0) is 20.1. The van der Waals surface area contributed by atoms with E-state index in [1.807, 2.05) is 13.1 Å². The van der Waals surface area contributed by atoms with Gasteiger partial charge in [-0.05, 0) is 39.8 Å². The molecule has 0 spiro atoms. The fourth-order valence-electron chi connectivity index (χ4n) is 2.94. The normalized spacial score (nSPS) is 13.7. The minimum absolute atomic E-state index is 0.0657. The van der Waals surface area contributed by atoms with Gasteiger partial charge in [-0.3, -0.25) is 4.99 Å². The van der Waals surface area contributed by atoms with E-state index in [1.165, 1.54) is 5.56 Å². The van der Waals surface area contributed by atoms with E-state index in [2.05, 4.69) is 77.9 Å². The van der Waals surface area contributed by atoms with Crippen LogP contribution in [0.5, 0.6) is 0 Å². The van der Waals surface area contributed by atoms with Crippen molar-refractivity contribution in [2.45, 2.75) is 38.8 Å². The summed E-state index contributed by atoms with van der Waals surface area (Å²) in [5, 5.41) is 10.5. The first-order valence-corrected chi connectivity index (χ1v) is 9.82. The third-order valence-electron chi connectivity index (χ3n) is 4.50. The number of ether oxygens (including phenoxy) is 1. The van der Waals surface area contributed by atoms with Gasteiger partial charge in [0.15, 0.2) is 5.96 Å². The standard InChI is InChI=1S/C21H39N5O/c1-18(19-11-8-7-9-12-19)25-21(2,3)17-24-20(22-4)23-13-15-26(5)14-10-16-27-6/h7-9,11-12,18,25H,10,13-17H2,1-6H3,(H2,22,23,24). The minimum atomic E-state index is -0.0657. The molecule has 0 aliphatic heterocycles. The average molecular weight is 378 g/mol. The van der Waals surface area contributed by atoms with Crippen molar-refractivity contribution in [2.24, 2.45) is 4.99 Å². The van der Waals surface area contributed by atoms with Crippen LogP contribution >= 0.6 is 0 Å². The first kappa shape index (κ1) is 23.4. The molecule has 1 unspecified atom stereocenters. The van der Waals surface area contributed by atoms with Gasteiger partial charge in [-0.2, -0.15) is 0 Å². The lowest BCUT2D eigenvalue weighted by Gasteiger charge is -2.31. The second-order valence-corrected chi connectivity index (χ2v) is 7.66. The quantitative estimate of drug-likeness (QED) is 0.296. The van der Waals surface area contributed by atoms with Gasteiger partial charge in [0.1, 0.15) is 0 Å². The summed E-state index contributed by atoms with van der Waals surface area (Å²) in [5.74, 6) is 0.836. The molecule has 0 bridgehead atoms. The molecule has 0 saturated heterocycles. The Morgan fingerprint density at radius 2 is 1.89 bits per heavy atom. The molecular weight excluding hydrogens is 338 g/mol. The van der Waals surface area contributed by atoms with Crippen LogP contribution in [0.1, 0.15) is 38.8 Å². The minimum Gasteiger partial charge on any atom is -0.385 e. The molecule has 0 fully saturated rings. The number of methoxy groups -OCH3 is 1. The number of likely N-dealkylation sites (N-methyl/N-ethyl adjacent to an activating group) is 1. The van der Waals surface area contributed by atoms with Gasteiger partial charge in [0.2, 0.25) is 0 Å². The van der Waals surface area contributed by atoms with E-state index in [4.69, 9.17) is 4.74 Å². The predicted octanol–water partition coefficient (Wildman–Crippen LogP) is 2.25. The molecule has 1 aromatic carbocycles. The summed E-state index contributed by atoms with van der Waals surface area (Å²) in [6.45, 7) is 11.1. The molecule has 0 aliphatic carbocycles. The topological polar surface area (TPSA) is 60.9 Å². The number of aliphatic imine (C=N–C) groups is 1. The Balaban J connectivity index is 2.33. The fraction of sp³-hybridized carbons (Fsp3) is 0.667. The van der Waals surface area contributed by atoms with Crippen LogP contribution in [0.15, 0.2) is 35.3 Å². The Kier molecular flexibility index (Phi) is 11.0. The second-order valence-electron chi connectivity index (χ2n) is 7.66. The highest BCUT2D eigenvalue weighted by atomic mass is 16.5. The molecule has 0 aliphatic rings. The van der Waals surface area contributed by atoms with Crippen molar-refractivity contribution < 1.29 is 4.74 Å². The van der Waals surface area contributed by atoms with Crippen molar-refractivity contribution in [3.05, 3.63) is 35.9 Å². The molecule has 0 amide bonds. The van der Waals surface area contributed by atoms with Gasteiger partial charge in [0.25, 0.3) is 0 Å². The van der Waals surface area contributed by atoms with E-state index in [0.717, 1.165) is 45.2 Å². The zero-order valence-corrected chi connectivity index (χ0v) is 18.0. The maximum atomic E-state index is 5.09. The van der Waals surface area contributed by atoms with Gasteiger partial charge >= 0.3 is 0 Å². The zero-order valence-electron chi connectivity index (χ0n) is 18.0. The lowest BCUT2D eigenvalue weighted by Crippen LogP contribution is -2.52. The van der Waals surface area contributed by atoms with Crippen LogP contribution in [-0.4, -0.2) is 70.4 Å². The summed E-state index contributed by atoms with van der Waals surface area (Å²) in [7, 11) is 5.68. The first-order valence-electron chi connectivity index (χ1n) is 9.82. The van der Waals surface area contributed by atoms with Gasteiger partial charge in [0, 0.05) is 58.5 Å². The number of rotatable bonds is 12. The third kappa shape index (κ3) is 10.3. The van der Waals surface area contributed by atoms with Crippen molar-refractivity contribution in [2.75, 3.05) is 54.0 Å². The highest BCUT2D eigenvalue weighted by Gasteiger charge is 2.21. The molecule has 0 aromatic heterocycles. The number of guanidine groups is 1. The van der Waals surface area contributed by atoms with Crippen LogP contribution < -0.4 is 16.0 Å². The number of benzene rings is 1. The van der Waals surface area contributed by atoms with Gasteiger partial charge in [-0.25, -0.2) is 0 Å². The summed E-state index contributed by atoms with van der Waals surface area (Å²) in [6.07, 6.45) is 1.05. The number of nitrogens with zero attached hydrogens (tertiary/aromatic N) is 2. The monoisotopic (exact) mass is 377 g/mol. The molecular formula is C21H39N5O. The van der Waals surface area contributed by atoms with Crippen molar-refractivity contribution in [3.8, 4) is 0 Å². The van der Waals surface area contributed by atoms with Gasteiger partial charge in [-0.1, -0.05) is 30.3 Å². The molecule has 27 heavy (non-hydrogen) atoms. The molecule has 6 nitrogen and oxygen atoms in total. The van der Waals surface area contributed by atoms with Crippen LogP contribution in [0, 0.1) is 0 Å². The van der Waals surface area contributed by atoms with Gasteiger partial charge < -0.3 is 25.6 Å². The van der Waals surface area contributed by atoms with E-state index >= 15 is 0 Å². The number of nitrogens with one attached hydrogen (secondary N) is 3. The third-order valence-corrected chi connectivity index (χ3v) is 4.50. The highest BCUT2D eigenvalue weighted by Crippen LogP contribution is 2.15. The Morgan fingerprint density at radius 3 is 2.52 bits per heavy atom. The summed E-state index contributed by atoms with van der Waals surface area (Å²) in [4.78, 5) is 6.63. The van der Waals surface area contributed by atoms with Crippen LogP contribution in [0.3, 0.4) is 0 Å². The Hall–Kier alpha value is -1.63. The molecule has 1 atom stereocenters. The van der Waals surface area contributed by atoms with E-state index in [0.29, 0.717) is 6.04 Å². The van der Waals surface area contributed by atoms with E-state index in [1.54, 1.807) is 7.11 Å². The summed E-state index contributed by atoms with van der Waals surface area (Å²) < 4.78 is 5.09. The first-order chi connectivity index (χ1) is 12.9. The molecule has 154 valence electrons. The predicted molar refractivity (Wildman–Crippen MR) is 115 cm³/mol. The van der Waals surface area contributed by atoms with Crippen molar-refractivity contribution in [1.29, 1.82) is 0 Å². The maximum absolute atomic E-state index is 5.09. The fourth-order valence-corrected chi connectivity index (χ4v) is 2.94. The van der Waals surface area contributed by atoms with Gasteiger partial charge in [-0.15, -0.1) is 0 Å². The van der Waals surface area contributed by atoms with E-state index < -0.39 is 0 Å². The van der Waals surface area contributed by atoms with E-state index in [9.17, 15) is 0 Å². The maximum Gasteiger partial charge on any atom is 0.191 e. The van der Waals surface area contributed by atoms with Crippen molar-refractivity contribution in [3.63, 3.8) is 0 Å². The van der Waals surface area contributed by atoms with Crippen LogP contribution in [0.25, 0.3) is 0 Å².